The van der Waals surface area contributed by atoms with Crippen molar-refractivity contribution in [1.82, 2.24) is 10.2 Å². The van der Waals surface area contributed by atoms with Crippen molar-refractivity contribution in [2.24, 2.45) is 0 Å². The molecule has 2 aromatic carbocycles. The number of hydrogen-bond acceptors (Lipinski definition) is 5. The van der Waals surface area contributed by atoms with Crippen LogP contribution < -0.4 is 5.32 Å². The van der Waals surface area contributed by atoms with E-state index < -0.39 is 0 Å². The first kappa shape index (κ1) is 21.5. The zero-order valence-electron chi connectivity index (χ0n) is 15.4. The summed E-state index contributed by atoms with van der Waals surface area (Å²) in [7, 11) is 0. The van der Waals surface area contributed by atoms with Crippen molar-refractivity contribution in [2.75, 3.05) is 6.54 Å². The average Bonchev–Trinajstić information content (AvgIpc) is 2.97. The van der Waals surface area contributed by atoms with E-state index in [2.05, 4.69) is 21.2 Å². The van der Waals surface area contributed by atoms with Crippen LogP contribution in [0.15, 0.2) is 57.9 Å². The number of amides is 2. The molecule has 8 heteroatoms. The molecule has 1 aliphatic rings. The van der Waals surface area contributed by atoms with E-state index in [0.717, 1.165) is 10.0 Å². The molecule has 1 fully saturated rings. The standard InChI is InChI=1S/C21H19BrN2O3S2/c22-16-8-9-17(25)15(11-16)12-18-20(27)24(21(28)29-18)10-4-7-19(26)23-13-14-5-2-1-3-6-14/h1-3,5-6,8-9,11-12,25H,4,7,10,13H2,(H,23,26)/b18-12-. The maximum Gasteiger partial charge on any atom is 0.266 e. The molecule has 0 aromatic heterocycles. The minimum Gasteiger partial charge on any atom is -0.507 e. The van der Waals surface area contributed by atoms with Crippen molar-refractivity contribution >= 4 is 62.1 Å². The molecule has 2 N–H and O–H groups in total. The molecular weight excluding hydrogens is 472 g/mol. The second kappa shape index (κ2) is 10.0. The van der Waals surface area contributed by atoms with Gasteiger partial charge in [0.1, 0.15) is 10.1 Å². The Morgan fingerprint density at radius 2 is 2.00 bits per heavy atom. The van der Waals surface area contributed by atoms with E-state index in [1.165, 1.54) is 16.7 Å². The Balaban J connectivity index is 1.52. The first-order valence-corrected chi connectivity index (χ1v) is 11.0. The van der Waals surface area contributed by atoms with Crippen LogP contribution >= 0.6 is 39.9 Å². The van der Waals surface area contributed by atoms with Gasteiger partial charge in [-0.2, -0.15) is 0 Å². The van der Waals surface area contributed by atoms with Crippen molar-refractivity contribution in [2.45, 2.75) is 19.4 Å². The van der Waals surface area contributed by atoms with Gasteiger partial charge in [0.25, 0.3) is 5.91 Å². The van der Waals surface area contributed by atoms with Crippen LogP contribution in [0.5, 0.6) is 5.75 Å². The third-order valence-corrected chi connectivity index (χ3v) is 6.14. The topological polar surface area (TPSA) is 69.6 Å². The predicted molar refractivity (Wildman–Crippen MR) is 123 cm³/mol. The molecule has 1 saturated heterocycles. The van der Waals surface area contributed by atoms with Crippen LogP contribution in [-0.2, 0) is 16.1 Å². The van der Waals surface area contributed by atoms with Crippen LogP contribution in [0.4, 0.5) is 0 Å². The lowest BCUT2D eigenvalue weighted by atomic mass is 10.2. The van der Waals surface area contributed by atoms with E-state index in [-0.39, 0.29) is 17.6 Å². The van der Waals surface area contributed by atoms with Crippen molar-refractivity contribution < 1.29 is 14.7 Å². The van der Waals surface area contributed by atoms with E-state index in [1.54, 1.807) is 24.3 Å². The zero-order valence-corrected chi connectivity index (χ0v) is 18.6. The van der Waals surface area contributed by atoms with Crippen LogP contribution in [0.3, 0.4) is 0 Å². The van der Waals surface area contributed by atoms with Gasteiger partial charge in [-0.1, -0.05) is 70.2 Å². The summed E-state index contributed by atoms with van der Waals surface area (Å²) in [6.07, 6.45) is 2.46. The first-order chi connectivity index (χ1) is 13.9. The molecule has 1 aliphatic heterocycles. The molecule has 0 atom stereocenters. The third-order valence-electron chi connectivity index (χ3n) is 4.27. The van der Waals surface area contributed by atoms with Gasteiger partial charge in [0.2, 0.25) is 5.91 Å². The fourth-order valence-corrected chi connectivity index (χ4v) is 4.44. The number of thiocarbonyl (C=S) groups is 1. The van der Waals surface area contributed by atoms with Gasteiger partial charge in [-0.3, -0.25) is 14.5 Å². The molecule has 150 valence electrons. The summed E-state index contributed by atoms with van der Waals surface area (Å²) in [5.41, 5.74) is 1.58. The maximum atomic E-state index is 12.7. The normalized spacial score (nSPS) is 15.2. The molecule has 0 aliphatic carbocycles. The maximum absolute atomic E-state index is 12.7. The lowest BCUT2D eigenvalue weighted by molar-refractivity contribution is -0.124. The molecule has 1 heterocycles. The Kier molecular flexibility index (Phi) is 7.46. The lowest BCUT2D eigenvalue weighted by Gasteiger charge is -2.14. The number of carbonyl (C=O) groups is 2. The summed E-state index contributed by atoms with van der Waals surface area (Å²) < 4.78 is 1.26. The highest BCUT2D eigenvalue weighted by molar-refractivity contribution is 9.10. The van der Waals surface area contributed by atoms with E-state index in [9.17, 15) is 14.7 Å². The van der Waals surface area contributed by atoms with Gasteiger partial charge < -0.3 is 10.4 Å². The summed E-state index contributed by atoms with van der Waals surface area (Å²) in [5.74, 6) is -0.175. The van der Waals surface area contributed by atoms with Gasteiger partial charge in [-0.15, -0.1) is 0 Å². The molecule has 0 unspecified atom stereocenters. The van der Waals surface area contributed by atoms with Gasteiger partial charge in [0.15, 0.2) is 0 Å². The smallest absolute Gasteiger partial charge is 0.266 e. The minimum absolute atomic E-state index is 0.0612. The first-order valence-electron chi connectivity index (χ1n) is 8.98. The molecule has 29 heavy (non-hydrogen) atoms. The Bertz CT molecular complexity index is 964. The fourth-order valence-electron chi connectivity index (χ4n) is 2.76. The van der Waals surface area contributed by atoms with Crippen molar-refractivity contribution in [1.29, 1.82) is 0 Å². The SMILES string of the molecule is O=C(CCCN1C(=O)/C(=C/c2cc(Br)ccc2O)SC1=S)NCc1ccccc1. The number of rotatable bonds is 7. The van der Waals surface area contributed by atoms with Gasteiger partial charge in [0.05, 0.1) is 4.91 Å². The molecule has 3 rings (SSSR count). The number of carbonyl (C=O) groups excluding carboxylic acids is 2. The number of hydrogen-bond donors (Lipinski definition) is 2. The summed E-state index contributed by atoms with van der Waals surface area (Å²) in [6, 6.07) is 14.7. The molecule has 0 saturated carbocycles. The number of aromatic hydroxyl groups is 1. The summed E-state index contributed by atoms with van der Waals surface area (Å²) in [4.78, 5) is 26.7. The van der Waals surface area contributed by atoms with Crippen molar-refractivity contribution in [3.63, 3.8) is 0 Å². The Labute approximate surface area is 187 Å². The fraction of sp³-hybridized carbons (Fsp3) is 0.190. The molecular formula is C21H19BrN2O3S2. The Morgan fingerprint density at radius 3 is 2.76 bits per heavy atom. The number of nitrogens with zero attached hydrogens (tertiary/aromatic N) is 1. The Morgan fingerprint density at radius 1 is 1.24 bits per heavy atom. The summed E-state index contributed by atoms with van der Waals surface area (Å²) in [5, 5.41) is 12.8. The van der Waals surface area contributed by atoms with Gasteiger partial charge in [-0.05, 0) is 36.3 Å². The van der Waals surface area contributed by atoms with E-state index >= 15 is 0 Å². The number of halogens is 1. The number of phenolic OH excluding ortho intramolecular Hbond substituents is 1. The molecule has 2 aromatic rings. The minimum atomic E-state index is -0.205. The van der Waals surface area contributed by atoms with Crippen LogP contribution in [-0.4, -0.2) is 32.7 Å². The highest BCUT2D eigenvalue weighted by Crippen LogP contribution is 2.34. The van der Waals surface area contributed by atoms with Crippen LogP contribution in [0, 0.1) is 0 Å². The third kappa shape index (κ3) is 5.91. The molecule has 0 spiro atoms. The summed E-state index contributed by atoms with van der Waals surface area (Å²) in [6.45, 7) is 0.866. The van der Waals surface area contributed by atoms with Crippen molar-refractivity contribution in [3.8, 4) is 5.75 Å². The van der Waals surface area contributed by atoms with Gasteiger partial charge in [-0.25, -0.2) is 0 Å². The number of phenols is 1. The van der Waals surface area contributed by atoms with Crippen molar-refractivity contribution in [3.05, 3.63) is 69.0 Å². The Hall–Kier alpha value is -2.16. The largest absolute Gasteiger partial charge is 0.507 e. The second-order valence-electron chi connectivity index (χ2n) is 6.40. The van der Waals surface area contributed by atoms with E-state index in [1.807, 2.05) is 30.3 Å². The lowest BCUT2D eigenvalue weighted by Crippen LogP contribution is -2.30. The average molecular weight is 491 g/mol. The second-order valence-corrected chi connectivity index (χ2v) is 8.99. The van der Waals surface area contributed by atoms with Crippen LogP contribution in [0.1, 0.15) is 24.0 Å². The highest BCUT2D eigenvalue weighted by atomic mass is 79.9. The number of benzene rings is 2. The zero-order chi connectivity index (χ0) is 20.8. The summed E-state index contributed by atoms with van der Waals surface area (Å²) >= 11 is 9.87. The monoisotopic (exact) mass is 490 g/mol. The van der Waals surface area contributed by atoms with Crippen LogP contribution in [0.2, 0.25) is 0 Å². The van der Waals surface area contributed by atoms with Gasteiger partial charge in [0, 0.05) is 29.5 Å². The van der Waals surface area contributed by atoms with E-state index in [4.69, 9.17) is 12.2 Å². The highest BCUT2D eigenvalue weighted by Gasteiger charge is 2.31. The predicted octanol–water partition coefficient (Wildman–Crippen LogP) is 4.45. The molecule has 0 radical (unpaired) electrons. The van der Waals surface area contributed by atoms with Gasteiger partial charge >= 0.3 is 0 Å². The molecule has 0 bridgehead atoms. The number of thioether (sulfide) groups is 1. The molecule has 2 amide bonds. The van der Waals surface area contributed by atoms with E-state index in [0.29, 0.717) is 40.7 Å². The molecule has 5 nitrogen and oxygen atoms in total. The van der Waals surface area contributed by atoms with Crippen LogP contribution in [0.25, 0.3) is 6.08 Å². The quantitative estimate of drug-likeness (QED) is 0.443. The number of nitrogens with one attached hydrogen (secondary N) is 1.